The molecule has 2 N–H and O–H groups in total. The van der Waals surface area contributed by atoms with Crippen molar-refractivity contribution < 1.29 is 13.2 Å². The first kappa shape index (κ1) is 17.6. The molecule has 1 aliphatic carbocycles. The van der Waals surface area contributed by atoms with Crippen molar-refractivity contribution in [1.82, 2.24) is 19.5 Å². The predicted molar refractivity (Wildman–Crippen MR) is 96.9 cm³/mol. The lowest BCUT2D eigenvalue weighted by atomic mass is 9.77. The average Bonchev–Trinajstić information content (AvgIpc) is 3.23. The van der Waals surface area contributed by atoms with Gasteiger partial charge in [-0.1, -0.05) is 0 Å². The van der Waals surface area contributed by atoms with Crippen LogP contribution in [0.15, 0.2) is 30.6 Å². The van der Waals surface area contributed by atoms with Crippen LogP contribution in [-0.2, 0) is 13.1 Å². The molecule has 1 saturated carbocycles. The lowest BCUT2D eigenvalue weighted by Crippen LogP contribution is -2.44. The van der Waals surface area contributed by atoms with Crippen LogP contribution in [0, 0.1) is 17.5 Å². The second kappa shape index (κ2) is 6.56. The van der Waals surface area contributed by atoms with Crippen LogP contribution in [0.25, 0.3) is 5.65 Å². The van der Waals surface area contributed by atoms with Gasteiger partial charge in [0.1, 0.15) is 5.82 Å². The summed E-state index contributed by atoms with van der Waals surface area (Å²) in [6.07, 6.45) is 5.78. The van der Waals surface area contributed by atoms with Gasteiger partial charge in [-0.2, -0.15) is 5.10 Å². The molecule has 3 heterocycles. The second-order valence-electron chi connectivity index (χ2n) is 7.74. The zero-order chi connectivity index (χ0) is 19.4. The fourth-order valence-corrected chi connectivity index (χ4v) is 4.70. The van der Waals surface area contributed by atoms with Crippen molar-refractivity contribution in [3.63, 3.8) is 0 Å². The molecule has 1 aromatic carbocycles. The van der Waals surface area contributed by atoms with Crippen molar-refractivity contribution in [2.45, 2.75) is 50.4 Å². The van der Waals surface area contributed by atoms with E-state index in [2.05, 4.69) is 15.0 Å². The molecule has 0 bridgehead atoms. The van der Waals surface area contributed by atoms with Crippen LogP contribution in [0.3, 0.4) is 0 Å². The quantitative estimate of drug-likeness (QED) is 0.687. The Morgan fingerprint density at radius 2 is 1.86 bits per heavy atom. The summed E-state index contributed by atoms with van der Waals surface area (Å²) in [6, 6.07) is 3.36. The number of hydrogen-bond acceptors (Lipinski definition) is 4. The van der Waals surface area contributed by atoms with Crippen molar-refractivity contribution in [1.29, 1.82) is 0 Å². The van der Waals surface area contributed by atoms with Gasteiger partial charge in [-0.15, -0.1) is 0 Å². The minimum absolute atomic E-state index is 0.177. The van der Waals surface area contributed by atoms with Crippen LogP contribution in [0.4, 0.5) is 13.2 Å². The van der Waals surface area contributed by atoms with Crippen molar-refractivity contribution in [3.05, 3.63) is 64.9 Å². The molecule has 146 valence electrons. The largest absolute Gasteiger partial charge is 0.327 e. The number of nitrogens with two attached hydrogens (primary N) is 1. The monoisotopic (exact) mass is 387 g/mol. The van der Waals surface area contributed by atoms with E-state index < -0.39 is 17.5 Å². The van der Waals surface area contributed by atoms with Gasteiger partial charge in [0.05, 0.1) is 5.69 Å². The Morgan fingerprint density at radius 3 is 2.68 bits per heavy atom. The third-order valence-corrected chi connectivity index (χ3v) is 6.12. The number of halogens is 3. The van der Waals surface area contributed by atoms with E-state index in [4.69, 9.17) is 5.73 Å². The minimum Gasteiger partial charge on any atom is -0.327 e. The Hall–Kier alpha value is -2.45. The van der Waals surface area contributed by atoms with E-state index >= 15 is 0 Å². The molecule has 1 aliphatic heterocycles. The van der Waals surface area contributed by atoms with Gasteiger partial charge in [-0.05, 0) is 37.0 Å². The molecule has 1 unspecified atom stereocenters. The number of nitrogens with zero attached hydrogens (tertiary/aromatic N) is 4. The first-order valence-corrected chi connectivity index (χ1v) is 9.46. The first-order valence-electron chi connectivity index (χ1n) is 9.46. The van der Waals surface area contributed by atoms with Crippen LogP contribution < -0.4 is 5.73 Å². The molecular weight excluding hydrogens is 367 g/mol. The van der Waals surface area contributed by atoms with Gasteiger partial charge < -0.3 is 5.73 Å². The van der Waals surface area contributed by atoms with E-state index in [9.17, 15) is 13.2 Å². The second-order valence-corrected chi connectivity index (χ2v) is 7.74. The third kappa shape index (κ3) is 2.79. The van der Waals surface area contributed by atoms with E-state index in [-0.39, 0.29) is 23.6 Å². The molecule has 0 saturated heterocycles. The lowest BCUT2D eigenvalue weighted by molar-refractivity contribution is 0.136. The van der Waals surface area contributed by atoms with Gasteiger partial charge in [0.25, 0.3) is 0 Å². The van der Waals surface area contributed by atoms with E-state index in [1.807, 2.05) is 12.3 Å². The van der Waals surface area contributed by atoms with E-state index in [0.717, 1.165) is 42.5 Å². The van der Waals surface area contributed by atoms with Crippen LogP contribution >= 0.6 is 0 Å². The Labute approximate surface area is 160 Å². The standard InChI is InChI=1S/C20H20F3N5/c21-15-8-17(23)16(22)7-13(15)12-3-2-11(6-18(12)24)27-9-14-19(10-27)26-28-5-1-4-25-20(14)28/h1,4-5,7-8,11-12,18H,2-3,6,9-10,24H2/t11-,12?,18-/m0/s1. The zero-order valence-electron chi connectivity index (χ0n) is 15.2. The summed E-state index contributed by atoms with van der Waals surface area (Å²) in [7, 11) is 0. The normalized spacial score (nSPS) is 25.4. The van der Waals surface area contributed by atoms with E-state index in [1.165, 1.54) is 0 Å². The summed E-state index contributed by atoms with van der Waals surface area (Å²) < 4.78 is 42.8. The molecule has 2 aliphatic rings. The Bertz CT molecular complexity index is 1050. The van der Waals surface area contributed by atoms with Crippen molar-refractivity contribution in [2.24, 2.45) is 5.73 Å². The SMILES string of the molecule is N[C@H]1C[C@@H](N2Cc3nn4cccnc4c3C2)CCC1c1cc(F)c(F)cc1F. The molecule has 1 fully saturated rings. The Balaban J connectivity index is 1.32. The lowest BCUT2D eigenvalue weighted by Gasteiger charge is -2.38. The minimum atomic E-state index is -1.17. The maximum Gasteiger partial charge on any atom is 0.161 e. The van der Waals surface area contributed by atoms with E-state index in [0.29, 0.717) is 18.9 Å². The highest BCUT2D eigenvalue weighted by atomic mass is 19.2. The van der Waals surface area contributed by atoms with E-state index in [1.54, 1.807) is 10.7 Å². The molecule has 5 nitrogen and oxygen atoms in total. The van der Waals surface area contributed by atoms with Gasteiger partial charge in [-0.3, -0.25) is 4.90 Å². The molecule has 3 atom stereocenters. The van der Waals surface area contributed by atoms with Gasteiger partial charge in [0.2, 0.25) is 0 Å². The first-order chi connectivity index (χ1) is 13.5. The van der Waals surface area contributed by atoms with Gasteiger partial charge >= 0.3 is 0 Å². The molecule has 0 amide bonds. The highest BCUT2D eigenvalue weighted by Crippen LogP contribution is 2.38. The summed E-state index contributed by atoms with van der Waals surface area (Å²) in [4.78, 5) is 6.76. The highest BCUT2D eigenvalue weighted by Gasteiger charge is 2.37. The fourth-order valence-electron chi connectivity index (χ4n) is 4.70. The topological polar surface area (TPSA) is 59.5 Å². The Morgan fingerprint density at radius 1 is 1.04 bits per heavy atom. The van der Waals surface area contributed by atoms with Gasteiger partial charge in [0.15, 0.2) is 17.3 Å². The molecule has 8 heteroatoms. The van der Waals surface area contributed by atoms with Gasteiger partial charge in [-0.25, -0.2) is 22.7 Å². The van der Waals surface area contributed by atoms with Crippen LogP contribution in [0.5, 0.6) is 0 Å². The fraction of sp³-hybridized carbons (Fsp3) is 0.400. The number of benzene rings is 1. The highest BCUT2D eigenvalue weighted by molar-refractivity contribution is 5.51. The summed E-state index contributed by atoms with van der Waals surface area (Å²) in [6.45, 7) is 1.50. The van der Waals surface area contributed by atoms with Crippen LogP contribution in [0.1, 0.15) is 42.0 Å². The summed E-state index contributed by atoms with van der Waals surface area (Å²) in [5, 5.41) is 4.60. The Kier molecular flexibility index (Phi) is 4.13. The van der Waals surface area contributed by atoms with Crippen molar-refractivity contribution >= 4 is 5.65 Å². The molecule has 0 radical (unpaired) electrons. The summed E-state index contributed by atoms with van der Waals surface area (Å²) in [5.74, 6) is -3.23. The molecule has 3 aromatic rings. The summed E-state index contributed by atoms with van der Waals surface area (Å²) in [5.41, 5.74) is 9.58. The van der Waals surface area contributed by atoms with Crippen LogP contribution in [-0.4, -0.2) is 31.6 Å². The smallest absolute Gasteiger partial charge is 0.161 e. The number of fused-ring (bicyclic) bond motifs is 3. The van der Waals surface area contributed by atoms with Gasteiger partial charge in [0, 0.05) is 55.1 Å². The summed E-state index contributed by atoms with van der Waals surface area (Å²) >= 11 is 0. The van der Waals surface area contributed by atoms with Crippen molar-refractivity contribution in [3.8, 4) is 0 Å². The number of rotatable bonds is 2. The molecule has 5 rings (SSSR count). The van der Waals surface area contributed by atoms with Crippen LogP contribution in [0.2, 0.25) is 0 Å². The van der Waals surface area contributed by atoms with Crippen molar-refractivity contribution in [2.75, 3.05) is 0 Å². The molecule has 2 aromatic heterocycles. The average molecular weight is 387 g/mol. The molecule has 0 spiro atoms. The molecular formula is C20H20F3N5. The molecule has 28 heavy (non-hydrogen) atoms. The zero-order valence-corrected chi connectivity index (χ0v) is 15.2. The maximum atomic E-state index is 14.2. The third-order valence-electron chi connectivity index (χ3n) is 6.12. The predicted octanol–water partition coefficient (Wildman–Crippen LogP) is 3.13. The number of hydrogen-bond donors (Lipinski definition) is 1. The maximum absolute atomic E-state index is 14.2. The number of aromatic nitrogens is 3.